The van der Waals surface area contributed by atoms with Crippen LogP contribution in [0.1, 0.15) is 53.3 Å². The number of ketones is 1. The van der Waals surface area contributed by atoms with Crippen molar-refractivity contribution in [3.63, 3.8) is 0 Å². The maximum atomic E-state index is 12.5. The average Bonchev–Trinajstić information content (AvgIpc) is 3.26. The Morgan fingerprint density at radius 1 is 0.941 bits per heavy atom. The summed E-state index contributed by atoms with van der Waals surface area (Å²) < 4.78 is 15.5. The first-order valence-corrected chi connectivity index (χ1v) is 11.3. The summed E-state index contributed by atoms with van der Waals surface area (Å²) in [5.41, 5.74) is 1.39. The molecule has 1 aliphatic rings. The van der Waals surface area contributed by atoms with Crippen molar-refractivity contribution < 1.29 is 33.4 Å². The molecule has 0 spiro atoms. The minimum absolute atomic E-state index is 0.00319. The molecule has 8 heteroatoms. The Morgan fingerprint density at radius 3 is 2.26 bits per heavy atom. The zero-order valence-electron chi connectivity index (χ0n) is 19.5. The molecule has 1 saturated heterocycles. The standard InChI is InChI=1S/C26H29NO7/c1-3-4-5-14-33-25(30)19-6-10-21(11-7-19)27-16-20(15-24(27)29)26(31)34-17-23(28)18-8-12-22(32-2)13-9-18/h6-13,20H,3-5,14-17H2,1-2H3/t20-/m1/s1. The number of hydrogen-bond acceptors (Lipinski definition) is 7. The molecule has 34 heavy (non-hydrogen) atoms. The van der Waals surface area contributed by atoms with E-state index in [1.807, 2.05) is 0 Å². The lowest BCUT2D eigenvalue weighted by molar-refractivity contribution is -0.147. The molecule has 2 aromatic rings. The lowest BCUT2D eigenvalue weighted by Crippen LogP contribution is -2.27. The molecule has 0 unspecified atom stereocenters. The van der Waals surface area contributed by atoms with Gasteiger partial charge in [-0.3, -0.25) is 14.4 Å². The maximum absolute atomic E-state index is 12.5. The topological polar surface area (TPSA) is 99.2 Å². The van der Waals surface area contributed by atoms with Crippen LogP contribution in [-0.4, -0.2) is 50.5 Å². The summed E-state index contributed by atoms with van der Waals surface area (Å²) >= 11 is 0. The molecule has 0 radical (unpaired) electrons. The van der Waals surface area contributed by atoms with Gasteiger partial charge in [0.1, 0.15) is 5.75 Å². The first-order valence-electron chi connectivity index (χ1n) is 11.3. The lowest BCUT2D eigenvalue weighted by atomic mass is 10.1. The summed E-state index contributed by atoms with van der Waals surface area (Å²) in [4.78, 5) is 50.8. The molecule has 0 aromatic heterocycles. The summed E-state index contributed by atoms with van der Waals surface area (Å²) in [6.07, 6.45) is 2.87. The van der Waals surface area contributed by atoms with Crippen LogP contribution in [0.25, 0.3) is 0 Å². The number of unbranched alkanes of at least 4 members (excludes halogenated alkanes) is 2. The molecule has 1 fully saturated rings. The second-order valence-electron chi connectivity index (χ2n) is 8.05. The molecular formula is C26H29NO7. The third-order valence-corrected chi connectivity index (χ3v) is 5.61. The summed E-state index contributed by atoms with van der Waals surface area (Å²) in [6, 6.07) is 13.0. The van der Waals surface area contributed by atoms with Crippen LogP contribution in [-0.2, 0) is 19.1 Å². The summed E-state index contributed by atoms with van der Waals surface area (Å²) in [7, 11) is 1.53. The van der Waals surface area contributed by atoms with Gasteiger partial charge in [-0.2, -0.15) is 0 Å². The first-order chi connectivity index (χ1) is 16.4. The Hall–Kier alpha value is -3.68. The van der Waals surface area contributed by atoms with Crippen LogP contribution < -0.4 is 9.64 Å². The van der Waals surface area contributed by atoms with Crippen LogP contribution in [0.5, 0.6) is 5.75 Å². The number of carbonyl (C=O) groups excluding carboxylic acids is 4. The van der Waals surface area contributed by atoms with E-state index >= 15 is 0 Å². The number of carbonyl (C=O) groups is 4. The molecular weight excluding hydrogens is 438 g/mol. The third-order valence-electron chi connectivity index (χ3n) is 5.61. The Labute approximate surface area is 198 Å². The van der Waals surface area contributed by atoms with E-state index in [1.54, 1.807) is 48.5 Å². The van der Waals surface area contributed by atoms with Crippen molar-refractivity contribution >= 4 is 29.3 Å². The number of benzene rings is 2. The summed E-state index contributed by atoms with van der Waals surface area (Å²) in [5, 5.41) is 0. The van der Waals surface area contributed by atoms with Gasteiger partial charge in [0.05, 0.1) is 25.2 Å². The van der Waals surface area contributed by atoms with Gasteiger partial charge in [-0.15, -0.1) is 0 Å². The quantitative estimate of drug-likeness (QED) is 0.281. The van der Waals surface area contributed by atoms with E-state index in [0.717, 1.165) is 19.3 Å². The molecule has 8 nitrogen and oxygen atoms in total. The highest BCUT2D eigenvalue weighted by Gasteiger charge is 2.36. The highest BCUT2D eigenvalue weighted by Crippen LogP contribution is 2.26. The molecule has 1 heterocycles. The third kappa shape index (κ3) is 6.43. The van der Waals surface area contributed by atoms with Crippen LogP contribution in [0.15, 0.2) is 48.5 Å². The van der Waals surface area contributed by atoms with Crippen LogP contribution in [0.3, 0.4) is 0 Å². The number of methoxy groups -OCH3 is 1. The van der Waals surface area contributed by atoms with Crippen molar-refractivity contribution in [2.24, 2.45) is 5.92 Å². The molecule has 1 aliphatic heterocycles. The Kier molecular flexibility index (Phi) is 8.79. The number of anilines is 1. The molecule has 180 valence electrons. The Balaban J connectivity index is 1.51. The zero-order chi connectivity index (χ0) is 24.5. The van der Waals surface area contributed by atoms with Crippen molar-refractivity contribution in [3.05, 3.63) is 59.7 Å². The van der Waals surface area contributed by atoms with E-state index in [4.69, 9.17) is 14.2 Å². The largest absolute Gasteiger partial charge is 0.497 e. The summed E-state index contributed by atoms with van der Waals surface area (Å²) in [6.45, 7) is 2.20. The fraction of sp³-hybridized carbons (Fsp3) is 0.385. The molecule has 1 atom stereocenters. The molecule has 0 N–H and O–H groups in total. The first kappa shape index (κ1) is 25.0. The predicted molar refractivity (Wildman–Crippen MR) is 125 cm³/mol. The van der Waals surface area contributed by atoms with Crippen LogP contribution in [0.4, 0.5) is 5.69 Å². The second kappa shape index (κ2) is 12.0. The maximum Gasteiger partial charge on any atom is 0.338 e. The number of rotatable bonds is 11. The van der Waals surface area contributed by atoms with E-state index < -0.39 is 24.5 Å². The number of hydrogen-bond donors (Lipinski definition) is 0. The van der Waals surface area contributed by atoms with Gasteiger partial charge in [-0.25, -0.2) is 4.79 Å². The van der Waals surface area contributed by atoms with E-state index in [0.29, 0.717) is 29.2 Å². The number of nitrogens with zero attached hydrogens (tertiary/aromatic N) is 1. The van der Waals surface area contributed by atoms with Gasteiger partial charge >= 0.3 is 11.9 Å². The second-order valence-corrected chi connectivity index (χ2v) is 8.05. The normalized spacial score (nSPS) is 15.2. The van der Waals surface area contributed by atoms with Gasteiger partial charge in [0.2, 0.25) is 5.91 Å². The molecule has 0 aliphatic carbocycles. The van der Waals surface area contributed by atoms with Crippen molar-refractivity contribution in [3.8, 4) is 5.75 Å². The van der Waals surface area contributed by atoms with Crippen molar-refractivity contribution in [1.29, 1.82) is 0 Å². The van der Waals surface area contributed by atoms with Crippen LogP contribution in [0, 0.1) is 5.92 Å². The fourth-order valence-electron chi connectivity index (χ4n) is 3.61. The highest BCUT2D eigenvalue weighted by atomic mass is 16.5. The van der Waals surface area contributed by atoms with E-state index in [9.17, 15) is 19.2 Å². The lowest BCUT2D eigenvalue weighted by Gasteiger charge is -2.17. The molecule has 1 amide bonds. The monoisotopic (exact) mass is 467 g/mol. The predicted octanol–water partition coefficient (Wildman–Crippen LogP) is 3.82. The molecule has 0 bridgehead atoms. The van der Waals surface area contributed by atoms with Crippen molar-refractivity contribution in [1.82, 2.24) is 0 Å². The smallest absolute Gasteiger partial charge is 0.338 e. The number of amides is 1. The van der Waals surface area contributed by atoms with Crippen LogP contribution in [0.2, 0.25) is 0 Å². The fourth-order valence-corrected chi connectivity index (χ4v) is 3.61. The van der Waals surface area contributed by atoms with Gasteiger partial charge in [0, 0.05) is 24.2 Å². The average molecular weight is 468 g/mol. The Morgan fingerprint density at radius 2 is 1.62 bits per heavy atom. The molecule has 2 aromatic carbocycles. The van der Waals surface area contributed by atoms with E-state index in [-0.39, 0.29) is 24.7 Å². The van der Waals surface area contributed by atoms with Gasteiger partial charge in [-0.1, -0.05) is 19.8 Å². The number of ether oxygens (including phenoxy) is 3. The Bertz CT molecular complexity index is 1010. The molecule has 3 rings (SSSR count). The van der Waals surface area contributed by atoms with Crippen molar-refractivity contribution in [2.45, 2.75) is 32.6 Å². The van der Waals surface area contributed by atoms with Gasteiger partial charge in [0.15, 0.2) is 12.4 Å². The highest BCUT2D eigenvalue weighted by molar-refractivity contribution is 6.01. The SMILES string of the molecule is CCCCCOC(=O)c1ccc(N2C[C@H](C(=O)OCC(=O)c3ccc(OC)cc3)CC2=O)cc1. The van der Waals surface area contributed by atoms with Gasteiger partial charge < -0.3 is 19.1 Å². The minimum atomic E-state index is -0.667. The van der Waals surface area contributed by atoms with E-state index in [1.165, 1.54) is 12.0 Å². The van der Waals surface area contributed by atoms with E-state index in [2.05, 4.69) is 6.92 Å². The number of Topliss-reactive ketones (excluding diaryl/α,β-unsaturated/α-hetero) is 1. The summed E-state index contributed by atoms with van der Waals surface area (Å²) in [5.74, 6) is -1.61. The van der Waals surface area contributed by atoms with Crippen molar-refractivity contribution in [2.75, 3.05) is 31.8 Å². The number of esters is 2. The van der Waals surface area contributed by atoms with Gasteiger partial charge in [0.25, 0.3) is 0 Å². The zero-order valence-corrected chi connectivity index (χ0v) is 19.5. The molecule has 0 saturated carbocycles. The minimum Gasteiger partial charge on any atom is -0.497 e. The van der Waals surface area contributed by atoms with Gasteiger partial charge in [-0.05, 0) is 55.0 Å². The van der Waals surface area contributed by atoms with Crippen LogP contribution >= 0.6 is 0 Å².